The van der Waals surface area contributed by atoms with Gasteiger partial charge in [-0.15, -0.1) is 0 Å². The Kier molecular flexibility index (Phi) is 7.82. The highest BCUT2D eigenvalue weighted by Gasteiger charge is 2.14. The van der Waals surface area contributed by atoms with Crippen LogP contribution in [-0.2, 0) is 20.4 Å². The van der Waals surface area contributed by atoms with Gasteiger partial charge < -0.3 is 24.8 Å². The van der Waals surface area contributed by atoms with Crippen LogP contribution in [0.4, 0.5) is 11.4 Å². The van der Waals surface area contributed by atoms with Gasteiger partial charge in [0.15, 0.2) is 11.5 Å². The summed E-state index contributed by atoms with van der Waals surface area (Å²) in [5, 5.41) is 5.25. The normalized spacial score (nSPS) is 11.2. The van der Waals surface area contributed by atoms with Crippen LogP contribution in [0.1, 0.15) is 0 Å². The molecule has 0 saturated carbocycles. The fraction of sp³-hybridized carbons (Fsp3) is 0.263. The number of methoxy groups -OCH3 is 3. The molecule has 0 heterocycles. The van der Waals surface area contributed by atoms with Crippen molar-refractivity contribution in [3.05, 3.63) is 42.5 Å². The van der Waals surface area contributed by atoms with Gasteiger partial charge in [0, 0.05) is 28.2 Å². The first kappa shape index (κ1) is 21.2. The molecule has 1 atom stereocenters. The summed E-state index contributed by atoms with van der Waals surface area (Å²) in [6, 6.07) is 11.6. The third-order valence-corrected chi connectivity index (χ3v) is 4.79. The fourth-order valence-corrected chi connectivity index (χ4v) is 3.16. The monoisotopic (exact) mass is 406 g/mol. The minimum Gasteiger partial charge on any atom is -0.497 e. The highest BCUT2D eigenvalue weighted by Crippen LogP contribution is 2.29. The van der Waals surface area contributed by atoms with Crippen LogP contribution < -0.4 is 24.8 Å². The summed E-state index contributed by atoms with van der Waals surface area (Å²) < 4.78 is 27.4. The molecule has 2 aromatic rings. The van der Waals surface area contributed by atoms with Gasteiger partial charge in [0.05, 0.1) is 21.3 Å². The van der Waals surface area contributed by atoms with Crippen molar-refractivity contribution in [3.8, 4) is 17.2 Å². The number of nitrogens with one attached hydrogen (secondary N) is 2. The van der Waals surface area contributed by atoms with Crippen LogP contribution in [0.5, 0.6) is 17.2 Å². The molecule has 2 rings (SSSR count). The molecule has 150 valence electrons. The third kappa shape index (κ3) is 6.27. The lowest BCUT2D eigenvalue weighted by atomic mass is 10.2. The largest absolute Gasteiger partial charge is 0.497 e. The van der Waals surface area contributed by atoms with E-state index in [0.717, 1.165) is 0 Å². The Morgan fingerprint density at radius 2 is 1.32 bits per heavy atom. The predicted molar refractivity (Wildman–Crippen MR) is 108 cm³/mol. The molecule has 28 heavy (non-hydrogen) atoms. The van der Waals surface area contributed by atoms with E-state index in [1.54, 1.807) is 49.6 Å². The number of carbonyl (C=O) groups excluding carboxylic acids is 2. The number of rotatable bonds is 9. The molecule has 9 heteroatoms. The second kappa shape index (κ2) is 10.3. The fourth-order valence-electron chi connectivity index (χ4n) is 2.33. The molecular formula is C19H22N2O6S. The summed E-state index contributed by atoms with van der Waals surface area (Å²) in [5.41, 5.74) is 1.03. The first-order valence-electron chi connectivity index (χ1n) is 8.26. The molecule has 0 aliphatic carbocycles. The second-order valence-corrected chi connectivity index (χ2v) is 7.08. The van der Waals surface area contributed by atoms with E-state index in [9.17, 15) is 13.8 Å². The van der Waals surface area contributed by atoms with Gasteiger partial charge in [-0.2, -0.15) is 0 Å². The van der Waals surface area contributed by atoms with Crippen molar-refractivity contribution in [2.45, 2.75) is 0 Å². The molecule has 0 bridgehead atoms. The average Bonchev–Trinajstić information content (AvgIpc) is 2.68. The molecule has 2 N–H and O–H groups in total. The summed E-state index contributed by atoms with van der Waals surface area (Å²) in [6.45, 7) is 0. The Balaban J connectivity index is 1.84. The summed E-state index contributed by atoms with van der Waals surface area (Å²) in [4.78, 5) is 24.0. The molecule has 0 aliphatic heterocycles. The summed E-state index contributed by atoms with van der Waals surface area (Å²) >= 11 is 0. The van der Waals surface area contributed by atoms with Crippen molar-refractivity contribution in [2.75, 3.05) is 43.5 Å². The summed E-state index contributed by atoms with van der Waals surface area (Å²) in [7, 11) is 2.89. The first-order valence-corrected chi connectivity index (χ1v) is 9.74. The van der Waals surface area contributed by atoms with Gasteiger partial charge >= 0.3 is 0 Å². The molecule has 0 spiro atoms. The molecule has 0 unspecified atom stereocenters. The zero-order valence-electron chi connectivity index (χ0n) is 15.8. The SMILES string of the molecule is COc1ccc(NC(=O)C[S@](=O)CC(=O)Nc2ccc(OC)c(OC)c2)cc1. The van der Waals surface area contributed by atoms with Crippen LogP contribution >= 0.6 is 0 Å². The zero-order valence-corrected chi connectivity index (χ0v) is 16.6. The molecule has 0 aromatic heterocycles. The Morgan fingerprint density at radius 3 is 1.86 bits per heavy atom. The molecular weight excluding hydrogens is 384 g/mol. The highest BCUT2D eigenvalue weighted by atomic mass is 32.2. The second-order valence-electron chi connectivity index (χ2n) is 5.62. The van der Waals surface area contributed by atoms with E-state index in [1.165, 1.54) is 14.2 Å². The summed E-state index contributed by atoms with van der Waals surface area (Å²) in [5.74, 6) is 0.147. The molecule has 2 aromatic carbocycles. The van der Waals surface area contributed by atoms with Crippen molar-refractivity contribution >= 4 is 34.0 Å². The van der Waals surface area contributed by atoms with Gasteiger partial charge in [0.1, 0.15) is 17.3 Å². The van der Waals surface area contributed by atoms with Crippen LogP contribution in [-0.4, -0.2) is 48.9 Å². The molecule has 2 amide bonds. The Hall–Kier alpha value is -3.07. The number of amides is 2. The first-order chi connectivity index (χ1) is 13.4. The Labute approximate surface area is 165 Å². The van der Waals surface area contributed by atoms with E-state index in [-0.39, 0.29) is 11.5 Å². The molecule has 0 aliphatic rings. The average molecular weight is 406 g/mol. The van der Waals surface area contributed by atoms with Crippen LogP contribution in [0.2, 0.25) is 0 Å². The van der Waals surface area contributed by atoms with E-state index in [4.69, 9.17) is 14.2 Å². The molecule has 0 saturated heterocycles. The number of benzene rings is 2. The van der Waals surface area contributed by atoms with E-state index in [2.05, 4.69) is 10.6 Å². The maximum atomic E-state index is 12.1. The molecule has 0 fully saturated rings. The van der Waals surface area contributed by atoms with E-state index in [1.807, 2.05) is 0 Å². The van der Waals surface area contributed by atoms with E-state index < -0.39 is 22.6 Å². The van der Waals surface area contributed by atoms with Crippen LogP contribution in [0, 0.1) is 0 Å². The van der Waals surface area contributed by atoms with Crippen molar-refractivity contribution in [2.24, 2.45) is 0 Å². The highest BCUT2D eigenvalue weighted by molar-refractivity contribution is 7.86. The molecule has 8 nitrogen and oxygen atoms in total. The zero-order chi connectivity index (χ0) is 20.5. The van der Waals surface area contributed by atoms with Gasteiger partial charge in [-0.25, -0.2) is 0 Å². The number of anilines is 2. The van der Waals surface area contributed by atoms with Crippen molar-refractivity contribution < 1.29 is 28.0 Å². The Morgan fingerprint density at radius 1 is 0.786 bits per heavy atom. The van der Waals surface area contributed by atoms with Crippen LogP contribution in [0.25, 0.3) is 0 Å². The van der Waals surface area contributed by atoms with Crippen LogP contribution in [0.15, 0.2) is 42.5 Å². The number of hydrogen-bond donors (Lipinski definition) is 2. The number of hydrogen-bond acceptors (Lipinski definition) is 6. The van der Waals surface area contributed by atoms with Crippen molar-refractivity contribution in [3.63, 3.8) is 0 Å². The summed E-state index contributed by atoms with van der Waals surface area (Å²) in [6.07, 6.45) is 0. The smallest absolute Gasteiger partial charge is 0.237 e. The minimum absolute atomic E-state index is 0.286. The van der Waals surface area contributed by atoms with Gasteiger partial charge in [0.25, 0.3) is 0 Å². The van der Waals surface area contributed by atoms with Gasteiger partial charge in [-0.05, 0) is 36.4 Å². The van der Waals surface area contributed by atoms with Crippen molar-refractivity contribution in [1.82, 2.24) is 0 Å². The van der Waals surface area contributed by atoms with Gasteiger partial charge in [0.2, 0.25) is 11.8 Å². The van der Waals surface area contributed by atoms with Crippen LogP contribution in [0.3, 0.4) is 0 Å². The molecule has 0 radical (unpaired) electrons. The lowest BCUT2D eigenvalue weighted by molar-refractivity contribution is -0.114. The third-order valence-electron chi connectivity index (χ3n) is 3.63. The van der Waals surface area contributed by atoms with E-state index >= 15 is 0 Å². The maximum absolute atomic E-state index is 12.1. The minimum atomic E-state index is -1.65. The standard InChI is InChI=1S/C19H22N2O6S/c1-25-15-7-4-13(5-8-15)20-18(22)11-28(24)12-19(23)21-14-6-9-16(26-2)17(10-14)27-3/h4-10H,11-12H2,1-3H3,(H,20,22)(H,21,23)/t28-/m0/s1. The van der Waals surface area contributed by atoms with Crippen molar-refractivity contribution in [1.29, 1.82) is 0 Å². The maximum Gasteiger partial charge on any atom is 0.237 e. The number of carbonyl (C=O) groups is 2. The Bertz CT molecular complexity index is 854. The van der Waals surface area contributed by atoms with E-state index in [0.29, 0.717) is 28.6 Å². The predicted octanol–water partition coefficient (Wildman–Crippen LogP) is 2.04. The van der Waals surface area contributed by atoms with Gasteiger partial charge in [-0.1, -0.05) is 0 Å². The lowest BCUT2D eigenvalue weighted by Gasteiger charge is -2.10. The topological polar surface area (TPSA) is 103 Å². The number of ether oxygens (including phenoxy) is 3. The lowest BCUT2D eigenvalue weighted by Crippen LogP contribution is -2.26. The quantitative estimate of drug-likeness (QED) is 0.661. The van der Waals surface area contributed by atoms with Gasteiger partial charge in [-0.3, -0.25) is 13.8 Å².